The second kappa shape index (κ2) is 5.52. The van der Waals surface area contributed by atoms with Crippen LogP contribution < -0.4 is 0 Å². The van der Waals surface area contributed by atoms with Crippen molar-refractivity contribution >= 4 is 5.65 Å². The number of nitrogens with zero attached hydrogens (tertiary/aromatic N) is 6. The van der Waals surface area contributed by atoms with Crippen LogP contribution in [0.3, 0.4) is 0 Å². The number of hydrogen-bond donors (Lipinski definition) is 0. The molecule has 2 aliphatic carbocycles. The van der Waals surface area contributed by atoms with E-state index in [9.17, 15) is 5.26 Å². The predicted molar refractivity (Wildman–Crippen MR) is 104 cm³/mol. The van der Waals surface area contributed by atoms with Gasteiger partial charge in [0.25, 0.3) is 0 Å². The molecule has 1 unspecified atom stereocenters. The number of pyridine rings is 2. The van der Waals surface area contributed by atoms with Gasteiger partial charge >= 0.3 is 0 Å². The van der Waals surface area contributed by atoms with Gasteiger partial charge in [0.05, 0.1) is 11.9 Å². The Morgan fingerprint density at radius 3 is 2.93 bits per heavy atom. The summed E-state index contributed by atoms with van der Waals surface area (Å²) in [5.41, 5.74) is 5.67. The van der Waals surface area contributed by atoms with E-state index in [0.29, 0.717) is 11.1 Å². The number of imidazole rings is 1. The largest absolute Gasteiger partial charge is 0.307 e. The van der Waals surface area contributed by atoms with Crippen LogP contribution in [0.25, 0.3) is 28.0 Å². The summed E-state index contributed by atoms with van der Waals surface area (Å²) in [6.45, 7) is 0.999. The molecule has 0 bridgehead atoms. The molecule has 2 saturated carbocycles. The zero-order chi connectivity index (χ0) is 18.7. The Labute approximate surface area is 162 Å². The highest BCUT2D eigenvalue weighted by molar-refractivity contribution is 5.81. The normalized spacial score (nSPS) is 19.0. The Kier molecular flexibility index (Phi) is 3.07. The second-order valence-electron chi connectivity index (χ2n) is 8.03. The lowest BCUT2D eigenvalue weighted by molar-refractivity contribution is 0.526. The predicted octanol–water partition coefficient (Wildman–Crippen LogP) is 3.93. The molecule has 6 nitrogen and oxygen atoms in total. The third-order valence-corrected chi connectivity index (χ3v) is 6.28. The topological polar surface area (TPSA) is 71.8 Å². The van der Waals surface area contributed by atoms with E-state index in [2.05, 4.69) is 32.0 Å². The summed E-state index contributed by atoms with van der Waals surface area (Å²) in [6, 6.07) is 9.89. The molecular formula is C22H18N6. The summed E-state index contributed by atoms with van der Waals surface area (Å²) in [6.07, 6.45) is 13.8. The molecular weight excluding hydrogens is 348 g/mol. The molecule has 0 saturated heterocycles. The van der Waals surface area contributed by atoms with Gasteiger partial charge in [-0.25, -0.2) is 9.97 Å². The lowest BCUT2D eigenvalue weighted by atomic mass is 10.0. The van der Waals surface area contributed by atoms with Gasteiger partial charge in [0, 0.05) is 48.0 Å². The number of fused-ring (bicyclic) bond motifs is 1. The fourth-order valence-electron chi connectivity index (χ4n) is 4.32. The van der Waals surface area contributed by atoms with Crippen LogP contribution in [0.2, 0.25) is 0 Å². The van der Waals surface area contributed by atoms with Gasteiger partial charge in [0.1, 0.15) is 17.4 Å². The van der Waals surface area contributed by atoms with Crippen LogP contribution in [-0.2, 0) is 6.54 Å². The molecule has 4 aromatic rings. The van der Waals surface area contributed by atoms with Crippen LogP contribution in [0.15, 0.2) is 55.2 Å². The third kappa shape index (κ3) is 2.43. The fourth-order valence-corrected chi connectivity index (χ4v) is 4.32. The van der Waals surface area contributed by atoms with Gasteiger partial charge in [-0.05, 0) is 54.9 Å². The Morgan fingerprint density at radius 1 is 1.18 bits per heavy atom. The average Bonchev–Trinajstić information content (AvgIpc) is 3.48. The minimum atomic E-state index is 0.406. The van der Waals surface area contributed by atoms with Crippen molar-refractivity contribution in [1.29, 1.82) is 5.26 Å². The summed E-state index contributed by atoms with van der Waals surface area (Å²) >= 11 is 0. The molecule has 1 atom stereocenters. The van der Waals surface area contributed by atoms with Crippen molar-refractivity contribution in [2.75, 3.05) is 0 Å². The molecule has 6 rings (SSSR count). The second-order valence-corrected chi connectivity index (χ2v) is 8.03. The molecule has 0 amide bonds. The molecule has 0 radical (unpaired) electrons. The highest BCUT2D eigenvalue weighted by Gasteiger charge is 2.62. The highest BCUT2D eigenvalue weighted by atomic mass is 15.3. The molecule has 0 aliphatic heterocycles. The molecule has 28 heavy (non-hydrogen) atoms. The van der Waals surface area contributed by atoms with E-state index in [4.69, 9.17) is 0 Å². The molecule has 136 valence electrons. The van der Waals surface area contributed by atoms with E-state index >= 15 is 0 Å². The van der Waals surface area contributed by atoms with Crippen molar-refractivity contribution < 1.29 is 0 Å². The molecule has 4 aromatic heterocycles. The van der Waals surface area contributed by atoms with Gasteiger partial charge in [0.15, 0.2) is 0 Å². The summed E-state index contributed by atoms with van der Waals surface area (Å²) in [5, 5.41) is 13.9. The Balaban J connectivity index is 1.41. The molecule has 0 aromatic carbocycles. The Morgan fingerprint density at radius 2 is 2.11 bits per heavy atom. The van der Waals surface area contributed by atoms with E-state index in [1.807, 2.05) is 41.2 Å². The van der Waals surface area contributed by atoms with Gasteiger partial charge < -0.3 is 4.40 Å². The Bertz CT molecular complexity index is 1250. The number of nitriles is 1. The van der Waals surface area contributed by atoms with Crippen LogP contribution in [0, 0.1) is 22.7 Å². The first kappa shape index (κ1) is 15.6. The number of rotatable bonds is 4. The maximum absolute atomic E-state index is 9.33. The maximum atomic E-state index is 9.33. The summed E-state index contributed by atoms with van der Waals surface area (Å²) < 4.78 is 4.02. The lowest BCUT2D eigenvalue weighted by Crippen LogP contribution is -2.01. The summed E-state index contributed by atoms with van der Waals surface area (Å²) in [7, 11) is 0. The van der Waals surface area contributed by atoms with Crippen LogP contribution in [0.4, 0.5) is 0 Å². The third-order valence-electron chi connectivity index (χ3n) is 6.28. The van der Waals surface area contributed by atoms with Gasteiger partial charge in [-0.3, -0.25) is 4.68 Å². The quantitative estimate of drug-likeness (QED) is 0.549. The van der Waals surface area contributed by atoms with Gasteiger partial charge in [-0.1, -0.05) is 0 Å². The Hall–Kier alpha value is -3.46. The highest BCUT2D eigenvalue weighted by Crippen LogP contribution is 2.70. The van der Waals surface area contributed by atoms with Crippen molar-refractivity contribution in [1.82, 2.24) is 24.1 Å². The van der Waals surface area contributed by atoms with E-state index in [0.717, 1.165) is 40.5 Å². The van der Waals surface area contributed by atoms with Crippen LogP contribution >= 0.6 is 0 Å². The van der Waals surface area contributed by atoms with Crippen molar-refractivity contribution in [3.05, 3.63) is 60.9 Å². The number of aromatic nitrogens is 5. The van der Waals surface area contributed by atoms with E-state index < -0.39 is 0 Å². The fraction of sp³-hybridized carbons (Fsp3) is 0.273. The molecule has 4 heterocycles. The first-order valence-corrected chi connectivity index (χ1v) is 9.61. The molecule has 0 N–H and O–H groups in total. The van der Waals surface area contributed by atoms with Gasteiger partial charge in [0.2, 0.25) is 0 Å². The van der Waals surface area contributed by atoms with E-state index in [-0.39, 0.29) is 0 Å². The van der Waals surface area contributed by atoms with Crippen LogP contribution in [0.5, 0.6) is 0 Å². The van der Waals surface area contributed by atoms with Gasteiger partial charge in [-0.2, -0.15) is 10.4 Å². The standard InChI is InChI=1S/C22H18N6/c23-11-18-1-2-19(16-12-25-28(13-16)14-17-10-22(17)4-5-22)21(26-18)15-3-7-27-8-6-24-20(27)9-15/h1-3,6-9,12-13,17H,4-5,10,14H2. The van der Waals surface area contributed by atoms with E-state index in [1.165, 1.54) is 19.3 Å². The summed E-state index contributed by atoms with van der Waals surface area (Å²) in [4.78, 5) is 8.98. The van der Waals surface area contributed by atoms with Crippen molar-refractivity contribution in [3.8, 4) is 28.5 Å². The molecule has 2 fully saturated rings. The number of hydrogen-bond acceptors (Lipinski definition) is 4. The van der Waals surface area contributed by atoms with Gasteiger partial charge in [-0.15, -0.1) is 0 Å². The summed E-state index contributed by atoms with van der Waals surface area (Å²) in [5.74, 6) is 0.793. The van der Waals surface area contributed by atoms with Crippen molar-refractivity contribution in [2.45, 2.75) is 25.8 Å². The van der Waals surface area contributed by atoms with E-state index in [1.54, 1.807) is 12.3 Å². The minimum absolute atomic E-state index is 0.406. The molecule has 2 aliphatic rings. The SMILES string of the molecule is N#Cc1ccc(-c2cnn(CC3CC34CC4)c2)c(-c2ccn3ccnc3c2)n1. The van der Waals surface area contributed by atoms with Crippen molar-refractivity contribution in [2.24, 2.45) is 11.3 Å². The first-order chi connectivity index (χ1) is 13.7. The zero-order valence-corrected chi connectivity index (χ0v) is 15.3. The smallest absolute Gasteiger partial charge is 0.141 e. The van der Waals surface area contributed by atoms with Crippen molar-refractivity contribution in [3.63, 3.8) is 0 Å². The monoisotopic (exact) mass is 366 g/mol. The van der Waals surface area contributed by atoms with Crippen LogP contribution in [-0.4, -0.2) is 24.1 Å². The lowest BCUT2D eigenvalue weighted by Gasteiger charge is -2.08. The maximum Gasteiger partial charge on any atom is 0.141 e. The zero-order valence-electron chi connectivity index (χ0n) is 15.3. The van der Waals surface area contributed by atoms with Crippen LogP contribution in [0.1, 0.15) is 25.0 Å². The molecule has 6 heteroatoms. The minimum Gasteiger partial charge on any atom is -0.307 e. The molecule has 1 spiro atoms. The first-order valence-electron chi connectivity index (χ1n) is 9.61. The average molecular weight is 366 g/mol.